The van der Waals surface area contributed by atoms with E-state index >= 15 is 0 Å². The maximum atomic E-state index is 14.0. The summed E-state index contributed by atoms with van der Waals surface area (Å²) in [7, 11) is -3.87. The van der Waals surface area contributed by atoms with Crippen molar-refractivity contribution in [3.8, 4) is 51.0 Å². The first-order valence-corrected chi connectivity index (χ1v) is 26.8. The molecule has 0 atom stereocenters. The molecule has 0 heterocycles. The molecule has 1 N–H and O–H groups in total. The van der Waals surface area contributed by atoms with Crippen LogP contribution < -0.4 is 14.2 Å². The predicted octanol–water partition coefficient (Wildman–Crippen LogP) is 15.8. The van der Waals surface area contributed by atoms with E-state index in [0.29, 0.717) is 17.2 Å². The molecule has 2 aliphatic rings. The van der Waals surface area contributed by atoms with E-state index in [2.05, 4.69) is 158 Å². The van der Waals surface area contributed by atoms with Crippen molar-refractivity contribution >= 4 is 9.84 Å². The van der Waals surface area contributed by atoms with Crippen LogP contribution in [0.3, 0.4) is 0 Å². The topological polar surface area (TPSA) is 82.1 Å². The van der Waals surface area contributed by atoms with Gasteiger partial charge in [0, 0.05) is 0 Å². The average Bonchev–Trinajstić information content (AvgIpc) is 3.95. The van der Waals surface area contributed by atoms with Gasteiger partial charge in [-0.25, -0.2) is 8.42 Å². The van der Waals surface area contributed by atoms with Gasteiger partial charge in [-0.3, -0.25) is 0 Å². The van der Waals surface area contributed by atoms with Crippen LogP contribution in [0.25, 0.3) is 22.3 Å². The fourth-order valence-corrected chi connectivity index (χ4v) is 13.0. The van der Waals surface area contributed by atoms with Gasteiger partial charge in [-0.1, -0.05) is 158 Å². The second-order valence-corrected chi connectivity index (χ2v) is 22.1. The van der Waals surface area contributed by atoms with E-state index in [1.54, 1.807) is 60.7 Å². The summed E-state index contributed by atoms with van der Waals surface area (Å²) in [6.07, 6.45) is 0.0665. The van der Waals surface area contributed by atoms with Crippen molar-refractivity contribution < 1.29 is 27.7 Å². The van der Waals surface area contributed by atoms with E-state index in [1.807, 2.05) is 52.0 Å². The minimum Gasteiger partial charge on any atom is -0.508 e. The summed E-state index contributed by atoms with van der Waals surface area (Å²) in [6.45, 7) is 8.08. The molecule has 6 nitrogen and oxygen atoms in total. The van der Waals surface area contributed by atoms with Crippen LogP contribution in [0.1, 0.15) is 77.8 Å². The lowest BCUT2D eigenvalue weighted by molar-refractivity contribution is 0.109. The lowest BCUT2D eigenvalue weighted by Crippen LogP contribution is -2.29. The Bertz CT molecular complexity index is 3750. The third kappa shape index (κ3) is 7.89. The van der Waals surface area contributed by atoms with Crippen LogP contribution in [0.4, 0.5) is 0 Å². The van der Waals surface area contributed by atoms with Crippen LogP contribution >= 0.6 is 0 Å². The molecule has 0 aliphatic heterocycles. The molecule has 0 bridgehead atoms. The molecule has 0 radical (unpaired) electrons. The highest BCUT2D eigenvalue weighted by Gasteiger charge is 2.47. The third-order valence-corrected chi connectivity index (χ3v) is 16.8. The monoisotopic (exact) mass is 998 g/mol. The van der Waals surface area contributed by atoms with Gasteiger partial charge in [0.25, 0.3) is 0 Å². The summed E-state index contributed by atoms with van der Waals surface area (Å²) in [4.78, 5) is 0.311. The lowest BCUT2D eigenvalue weighted by atomic mass is 9.67. The summed E-state index contributed by atoms with van der Waals surface area (Å²) in [6, 6.07) is 80.2. The Labute approximate surface area is 439 Å². The van der Waals surface area contributed by atoms with E-state index < -0.39 is 26.3 Å². The lowest BCUT2D eigenvalue weighted by Gasteiger charge is -2.34. The molecule has 368 valence electrons. The summed E-state index contributed by atoms with van der Waals surface area (Å²) in [5.41, 5.74) is 13.0. The highest BCUT2D eigenvalue weighted by Crippen LogP contribution is 2.58. The highest BCUT2D eigenvalue weighted by molar-refractivity contribution is 7.91. The Morgan fingerprint density at radius 1 is 0.400 bits per heavy atom. The minimum absolute atomic E-state index is 0.0665. The van der Waals surface area contributed by atoms with Gasteiger partial charge in [-0.2, -0.15) is 0 Å². The van der Waals surface area contributed by atoms with Gasteiger partial charge in [0.15, 0.2) is 0 Å². The first kappa shape index (κ1) is 47.4. The zero-order valence-corrected chi connectivity index (χ0v) is 42.9. The van der Waals surface area contributed by atoms with Crippen molar-refractivity contribution in [3.63, 3.8) is 0 Å². The Morgan fingerprint density at radius 3 is 1.11 bits per heavy atom. The van der Waals surface area contributed by atoms with E-state index in [4.69, 9.17) is 14.2 Å². The molecule has 0 unspecified atom stereocenters. The molecular weight excluding hydrogens is 945 g/mol. The molecule has 2 aliphatic carbocycles. The second-order valence-electron chi connectivity index (χ2n) is 20.2. The Morgan fingerprint density at radius 2 is 0.720 bits per heavy atom. The first-order valence-electron chi connectivity index (χ1n) is 25.4. The van der Waals surface area contributed by atoms with Gasteiger partial charge in [0.05, 0.1) is 26.7 Å². The van der Waals surface area contributed by atoms with Crippen LogP contribution in [0, 0.1) is 0 Å². The Hall–Kier alpha value is -8.65. The van der Waals surface area contributed by atoms with Crippen molar-refractivity contribution in [2.45, 2.75) is 60.0 Å². The zero-order valence-electron chi connectivity index (χ0n) is 42.1. The number of aromatic hydroxyl groups is 1. The van der Waals surface area contributed by atoms with E-state index in [1.165, 1.54) is 44.5 Å². The van der Waals surface area contributed by atoms with Gasteiger partial charge in [0.1, 0.15) is 34.3 Å². The second kappa shape index (κ2) is 18.4. The SMILES string of the molecule is CC(C)Oc1ccc(C2(c3ccc(Oc4ccc(S(=O)(=O)c5ccc(OC(C)(C)c6ccc(C7(c8ccc(O)cc8)c8ccccc8-c8ccccc87)cc6)cc5)cc4)cc3)c3ccccc3-c3ccccc32)cc1. The van der Waals surface area contributed by atoms with Gasteiger partial charge in [0.2, 0.25) is 9.84 Å². The van der Waals surface area contributed by atoms with E-state index in [-0.39, 0.29) is 21.6 Å². The molecule has 0 amide bonds. The van der Waals surface area contributed by atoms with Crippen LogP contribution in [0.2, 0.25) is 0 Å². The first-order chi connectivity index (χ1) is 36.4. The summed E-state index contributed by atoms with van der Waals surface area (Å²) >= 11 is 0. The third-order valence-electron chi connectivity index (χ3n) is 15.0. The normalized spacial score (nSPS) is 13.8. The number of fused-ring (bicyclic) bond motifs is 6. The molecular formula is C68H54O6S. The van der Waals surface area contributed by atoms with E-state index in [9.17, 15) is 13.5 Å². The smallest absolute Gasteiger partial charge is 0.206 e. The van der Waals surface area contributed by atoms with Crippen molar-refractivity contribution in [2.24, 2.45) is 0 Å². The average molecular weight is 999 g/mol. The molecule has 12 rings (SSSR count). The number of hydrogen-bond acceptors (Lipinski definition) is 6. The molecule has 10 aromatic carbocycles. The number of ether oxygens (including phenoxy) is 3. The molecule has 0 saturated carbocycles. The summed E-state index contributed by atoms with van der Waals surface area (Å²) in [5.74, 6) is 2.73. The summed E-state index contributed by atoms with van der Waals surface area (Å²) in [5, 5.41) is 10.3. The van der Waals surface area contributed by atoms with Crippen molar-refractivity contribution in [2.75, 3.05) is 0 Å². The van der Waals surface area contributed by atoms with Crippen LogP contribution in [-0.2, 0) is 26.3 Å². The maximum absolute atomic E-state index is 14.0. The van der Waals surface area contributed by atoms with Crippen molar-refractivity contribution in [1.29, 1.82) is 0 Å². The zero-order chi connectivity index (χ0) is 51.5. The van der Waals surface area contributed by atoms with Gasteiger partial charge >= 0.3 is 0 Å². The van der Waals surface area contributed by atoms with Crippen LogP contribution in [0.15, 0.2) is 252 Å². The molecule has 75 heavy (non-hydrogen) atoms. The van der Waals surface area contributed by atoms with Gasteiger partial charge < -0.3 is 19.3 Å². The summed E-state index contributed by atoms with van der Waals surface area (Å²) < 4.78 is 47.0. The Kier molecular flexibility index (Phi) is 11.6. The molecule has 0 fully saturated rings. The number of phenolic OH excluding ortho intramolecular Hbond substituents is 1. The van der Waals surface area contributed by atoms with E-state index in [0.717, 1.165) is 33.6 Å². The predicted molar refractivity (Wildman–Crippen MR) is 297 cm³/mol. The molecule has 7 heteroatoms. The Balaban J connectivity index is 0.761. The number of phenols is 1. The largest absolute Gasteiger partial charge is 0.508 e. The van der Waals surface area contributed by atoms with Crippen molar-refractivity contribution in [1.82, 2.24) is 0 Å². The van der Waals surface area contributed by atoms with Crippen LogP contribution in [-0.4, -0.2) is 19.6 Å². The molecule has 0 saturated heterocycles. The van der Waals surface area contributed by atoms with Crippen molar-refractivity contribution in [3.05, 3.63) is 293 Å². The number of rotatable bonds is 13. The van der Waals surface area contributed by atoms with Crippen LogP contribution in [0.5, 0.6) is 28.7 Å². The van der Waals surface area contributed by atoms with Gasteiger partial charge in [-0.15, -0.1) is 0 Å². The highest BCUT2D eigenvalue weighted by atomic mass is 32.2. The fraction of sp³-hybridized carbons (Fsp3) is 0.118. The molecule has 10 aromatic rings. The minimum atomic E-state index is -3.87. The van der Waals surface area contributed by atoms with Gasteiger partial charge in [-0.05, 0) is 185 Å². The molecule has 0 aromatic heterocycles. The number of sulfone groups is 1. The quantitative estimate of drug-likeness (QED) is 0.124. The fourth-order valence-electron chi connectivity index (χ4n) is 11.7. The molecule has 0 spiro atoms. The number of benzene rings is 10. The standard InChI is InChI=1S/C68H54O6S/c1-45(2)72-52-33-27-49(28-34-52)68(64-19-11-7-15-60(64)61-16-8-12-20-65(61)68)50-29-35-53(36-30-50)73-54-37-41-56(42-38-54)75(70,71)57-43-39-55(40-44-57)74-66(3,4)46-21-23-47(24-22-46)67(48-25-31-51(69)32-26-48)62-17-9-5-13-58(62)59-14-6-10-18-63(59)67/h5-45,69H,1-4H3. The maximum Gasteiger partial charge on any atom is 0.206 e. The number of hydrogen-bond donors (Lipinski definition) is 1.